The summed E-state index contributed by atoms with van der Waals surface area (Å²) in [5.41, 5.74) is 0. The Bertz CT molecular complexity index is 324. The van der Waals surface area contributed by atoms with Crippen molar-refractivity contribution in [2.75, 3.05) is 13.1 Å². The number of fused-ring (bicyclic) bond motifs is 5. The molecule has 2 bridgehead atoms. The Balaban J connectivity index is 1.48. The first-order valence-electron chi connectivity index (χ1n) is 8.16. The zero-order valence-corrected chi connectivity index (χ0v) is 12.1. The topological polar surface area (TPSA) is 15.3 Å². The van der Waals surface area contributed by atoms with Crippen molar-refractivity contribution >= 4 is 0 Å². The molecule has 0 aromatic rings. The minimum absolute atomic E-state index is 0.722. The number of piperazine rings is 1. The summed E-state index contributed by atoms with van der Waals surface area (Å²) < 4.78 is 0. The van der Waals surface area contributed by atoms with Crippen LogP contribution in [0.5, 0.6) is 0 Å². The highest BCUT2D eigenvalue weighted by Crippen LogP contribution is 2.67. The van der Waals surface area contributed by atoms with Gasteiger partial charge in [0.25, 0.3) is 0 Å². The monoisotopic (exact) mass is 248 g/mol. The quantitative estimate of drug-likeness (QED) is 0.807. The van der Waals surface area contributed by atoms with Crippen molar-refractivity contribution < 1.29 is 0 Å². The normalized spacial score (nSPS) is 55.0. The standard InChI is InChI=1S/C16H28N2/c1-9(2)13-8-18(10(3)7-17-13)16-14-11-4-5-12(6-11)15(14)16/h9-17H,4-8H2,1-3H3. The molecule has 6 atom stereocenters. The summed E-state index contributed by atoms with van der Waals surface area (Å²) >= 11 is 0. The lowest BCUT2D eigenvalue weighted by atomic mass is 9.97. The predicted molar refractivity (Wildman–Crippen MR) is 74.4 cm³/mol. The Morgan fingerprint density at radius 2 is 1.78 bits per heavy atom. The molecule has 0 radical (unpaired) electrons. The Morgan fingerprint density at radius 1 is 1.11 bits per heavy atom. The Labute approximate surface area is 111 Å². The second-order valence-corrected chi connectivity index (χ2v) is 7.78. The van der Waals surface area contributed by atoms with Gasteiger partial charge in [0.15, 0.2) is 0 Å². The molecule has 1 heterocycles. The van der Waals surface area contributed by atoms with E-state index >= 15 is 0 Å². The SMILES string of the molecule is CC(C)C1CN(C2C3C4CCC(C4)C32)C(C)CN1. The van der Waals surface area contributed by atoms with Crippen LogP contribution in [0.4, 0.5) is 0 Å². The minimum Gasteiger partial charge on any atom is -0.311 e. The average molecular weight is 248 g/mol. The fraction of sp³-hybridized carbons (Fsp3) is 1.00. The second kappa shape index (κ2) is 3.96. The molecule has 18 heavy (non-hydrogen) atoms. The third kappa shape index (κ3) is 1.54. The van der Waals surface area contributed by atoms with E-state index in [1.165, 1.54) is 13.1 Å². The van der Waals surface area contributed by atoms with Gasteiger partial charge in [-0.3, -0.25) is 4.90 Å². The van der Waals surface area contributed by atoms with E-state index in [4.69, 9.17) is 0 Å². The Hall–Kier alpha value is -0.0800. The van der Waals surface area contributed by atoms with Crippen LogP contribution >= 0.6 is 0 Å². The Morgan fingerprint density at radius 3 is 2.39 bits per heavy atom. The molecule has 2 heteroatoms. The van der Waals surface area contributed by atoms with Crippen LogP contribution < -0.4 is 5.32 Å². The van der Waals surface area contributed by atoms with Gasteiger partial charge in [0, 0.05) is 31.2 Å². The van der Waals surface area contributed by atoms with E-state index in [1.54, 1.807) is 19.3 Å². The van der Waals surface area contributed by atoms with Crippen LogP contribution in [0, 0.1) is 29.6 Å². The van der Waals surface area contributed by atoms with E-state index in [2.05, 4.69) is 31.0 Å². The number of nitrogens with one attached hydrogen (secondary N) is 1. The lowest BCUT2D eigenvalue weighted by Gasteiger charge is -2.41. The molecule has 102 valence electrons. The summed E-state index contributed by atoms with van der Waals surface area (Å²) in [7, 11) is 0. The summed E-state index contributed by atoms with van der Waals surface area (Å²) in [6, 6.07) is 2.46. The van der Waals surface area contributed by atoms with Crippen LogP contribution in [0.15, 0.2) is 0 Å². The highest BCUT2D eigenvalue weighted by atomic mass is 15.3. The van der Waals surface area contributed by atoms with Gasteiger partial charge in [-0.05, 0) is 55.8 Å². The van der Waals surface area contributed by atoms with E-state index in [0.29, 0.717) is 0 Å². The van der Waals surface area contributed by atoms with Crippen molar-refractivity contribution in [3.63, 3.8) is 0 Å². The molecule has 0 aromatic heterocycles. The van der Waals surface area contributed by atoms with Gasteiger partial charge >= 0.3 is 0 Å². The molecule has 2 nitrogen and oxygen atoms in total. The van der Waals surface area contributed by atoms with Gasteiger partial charge in [0.1, 0.15) is 0 Å². The lowest BCUT2D eigenvalue weighted by molar-refractivity contribution is 0.0963. The lowest BCUT2D eigenvalue weighted by Crippen LogP contribution is -2.58. The molecule has 0 spiro atoms. The highest BCUT2D eigenvalue weighted by Gasteiger charge is 2.67. The molecule has 4 fully saturated rings. The van der Waals surface area contributed by atoms with Crippen molar-refractivity contribution in [3.8, 4) is 0 Å². The first-order chi connectivity index (χ1) is 8.66. The van der Waals surface area contributed by atoms with Crippen LogP contribution in [-0.4, -0.2) is 36.1 Å². The van der Waals surface area contributed by atoms with Crippen molar-refractivity contribution in [1.29, 1.82) is 0 Å². The fourth-order valence-corrected chi connectivity index (χ4v) is 5.49. The van der Waals surface area contributed by atoms with Crippen molar-refractivity contribution in [3.05, 3.63) is 0 Å². The van der Waals surface area contributed by atoms with E-state index in [0.717, 1.165) is 47.7 Å². The van der Waals surface area contributed by atoms with E-state index < -0.39 is 0 Å². The van der Waals surface area contributed by atoms with Gasteiger partial charge < -0.3 is 5.32 Å². The molecule has 6 unspecified atom stereocenters. The molecule has 1 aliphatic heterocycles. The van der Waals surface area contributed by atoms with Crippen molar-refractivity contribution in [1.82, 2.24) is 10.2 Å². The van der Waals surface area contributed by atoms with E-state index in [9.17, 15) is 0 Å². The second-order valence-electron chi connectivity index (χ2n) is 7.78. The Kier molecular flexibility index (Phi) is 2.58. The van der Waals surface area contributed by atoms with E-state index in [1.807, 2.05) is 0 Å². The average Bonchev–Trinajstić information content (AvgIpc) is 2.77. The summed E-state index contributed by atoms with van der Waals surface area (Å²) in [5.74, 6) is 5.22. The molecule has 1 saturated heterocycles. The van der Waals surface area contributed by atoms with E-state index in [-0.39, 0.29) is 0 Å². The van der Waals surface area contributed by atoms with Crippen LogP contribution in [0.25, 0.3) is 0 Å². The van der Waals surface area contributed by atoms with Gasteiger partial charge in [-0.15, -0.1) is 0 Å². The first-order valence-corrected chi connectivity index (χ1v) is 8.16. The molecule has 1 N–H and O–H groups in total. The first kappa shape index (κ1) is 11.7. The number of nitrogens with zero attached hydrogens (tertiary/aromatic N) is 1. The zero-order valence-electron chi connectivity index (χ0n) is 12.1. The summed E-state index contributed by atoms with van der Waals surface area (Å²) in [6.45, 7) is 9.66. The maximum atomic E-state index is 3.74. The fourth-order valence-electron chi connectivity index (χ4n) is 5.49. The molecule has 0 aromatic carbocycles. The zero-order chi connectivity index (χ0) is 12.4. The molecule has 3 saturated carbocycles. The van der Waals surface area contributed by atoms with Gasteiger partial charge in [-0.2, -0.15) is 0 Å². The van der Waals surface area contributed by atoms with Gasteiger partial charge in [0.2, 0.25) is 0 Å². The molecule has 3 aliphatic carbocycles. The molecular weight excluding hydrogens is 220 g/mol. The van der Waals surface area contributed by atoms with Gasteiger partial charge in [-0.25, -0.2) is 0 Å². The molecule has 4 aliphatic rings. The number of hydrogen-bond donors (Lipinski definition) is 1. The number of rotatable bonds is 2. The predicted octanol–water partition coefficient (Wildman–Crippen LogP) is 2.35. The summed E-state index contributed by atoms with van der Waals surface area (Å²) in [5, 5.41) is 3.74. The largest absolute Gasteiger partial charge is 0.311 e. The van der Waals surface area contributed by atoms with Crippen LogP contribution in [0.3, 0.4) is 0 Å². The van der Waals surface area contributed by atoms with Crippen LogP contribution in [0.2, 0.25) is 0 Å². The smallest absolute Gasteiger partial charge is 0.0218 e. The van der Waals surface area contributed by atoms with Crippen molar-refractivity contribution in [2.45, 2.75) is 58.2 Å². The van der Waals surface area contributed by atoms with Crippen LogP contribution in [-0.2, 0) is 0 Å². The third-order valence-corrected chi connectivity index (χ3v) is 6.53. The van der Waals surface area contributed by atoms with Gasteiger partial charge in [-0.1, -0.05) is 13.8 Å². The highest BCUT2D eigenvalue weighted by molar-refractivity contribution is 5.18. The maximum Gasteiger partial charge on any atom is 0.0218 e. The minimum atomic E-state index is 0.722. The molecule has 4 rings (SSSR count). The number of hydrogen-bond acceptors (Lipinski definition) is 2. The van der Waals surface area contributed by atoms with Crippen molar-refractivity contribution in [2.24, 2.45) is 29.6 Å². The van der Waals surface area contributed by atoms with Crippen LogP contribution in [0.1, 0.15) is 40.0 Å². The third-order valence-electron chi connectivity index (χ3n) is 6.53. The summed E-state index contributed by atoms with van der Waals surface area (Å²) in [6.07, 6.45) is 4.69. The maximum absolute atomic E-state index is 3.74. The molecule has 0 amide bonds. The summed E-state index contributed by atoms with van der Waals surface area (Å²) in [4.78, 5) is 2.89. The molecular formula is C16H28N2. The van der Waals surface area contributed by atoms with Gasteiger partial charge in [0.05, 0.1) is 0 Å².